The van der Waals surface area contributed by atoms with Crippen LogP contribution < -0.4 is 0 Å². The highest BCUT2D eigenvalue weighted by Gasteiger charge is 2.34. The molecule has 0 saturated carbocycles. The first-order valence-corrected chi connectivity index (χ1v) is 5.10. The molecule has 0 aromatic heterocycles. The number of hydrogen-bond acceptors (Lipinski definition) is 3. The van der Waals surface area contributed by atoms with Gasteiger partial charge in [-0.05, 0) is 12.8 Å². The molecule has 0 amide bonds. The molecule has 2 unspecified atom stereocenters. The van der Waals surface area contributed by atoms with Crippen LogP contribution in [0.4, 0.5) is 0 Å². The maximum atomic E-state index is 11.4. The van der Waals surface area contributed by atoms with Crippen molar-refractivity contribution < 1.29 is 9.53 Å². The summed E-state index contributed by atoms with van der Waals surface area (Å²) in [6, 6.07) is 0. The molecule has 1 saturated heterocycles. The first kappa shape index (κ1) is 11.2. The van der Waals surface area contributed by atoms with Crippen LogP contribution in [0.15, 0.2) is 12.2 Å². The topological polar surface area (TPSA) is 29.5 Å². The molecule has 0 spiro atoms. The van der Waals surface area contributed by atoms with E-state index >= 15 is 0 Å². The average Bonchev–Trinajstić information content (AvgIpc) is 2.55. The van der Waals surface area contributed by atoms with Crippen molar-refractivity contribution >= 4 is 5.97 Å². The van der Waals surface area contributed by atoms with Gasteiger partial charge in [0, 0.05) is 19.6 Å². The highest BCUT2D eigenvalue weighted by molar-refractivity contribution is 5.73. The number of allylic oxidation sites excluding steroid dienone is 1. The molecule has 2 atom stereocenters. The highest BCUT2D eigenvalue weighted by Crippen LogP contribution is 2.23. The van der Waals surface area contributed by atoms with Crippen molar-refractivity contribution in [3.05, 3.63) is 12.2 Å². The molecule has 80 valence electrons. The number of rotatable bonds is 3. The lowest BCUT2D eigenvalue weighted by atomic mass is 9.99. The van der Waals surface area contributed by atoms with Crippen LogP contribution in [0.5, 0.6) is 0 Å². The summed E-state index contributed by atoms with van der Waals surface area (Å²) in [6.07, 6.45) is 4.16. The van der Waals surface area contributed by atoms with E-state index in [-0.39, 0.29) is 11.9 Å². The van der Waals surface area contributed by atoms with Crippen LogP contribution in [0.2, 0.25) is 0 Å². The van der Waals surface area contributed by atoms with Crippen molar-refractivity contribution in [3.8, 4) is 0 Å². The fourth-order valence-corrected chi connectivity index (χ4v) is 1.93. The zero-order valence-corrected chi connectivity index (χ0v) is 9.19. The molecule has 1 aliphatic rings. The number of hydrogen-bond donors (Lipinski definition) is 0. The van der Waals surface area contributed by atoms with Crippen LogP contribution in [0.25, 0.3) is 0 Å². The highest BCUT2D eigenvalue weighted by atomic mass is 16.5. The van der Waals surface area contributed by atoms with Crippen LogP contribution in [-0.2, 0) is 9.53 Å². The van der Waals surface area contributed by atoms with Crippen LogP contribution in [0, 0.1) is 11.8 Å². The van der Waals surface area contributed by atoms with Crippen molar-refractivity contribution in [2.75, 3.05) is 26.7 Å². The van der Waals surface area contributed by atoms with E-state index < -0.39 is 0 Å². The third-order valence-electron chi connectivity index (χ3n) is 2.79. The minimum absolute atomic E-state index is 0.0604. The van der Waals surface area contributed by atoms with Crippen molar-refractivity contribution in [1.29, 1.82) is 0 Å². The summed E-state index contributed by atoms with van der Waals surface area (Å²) in [7, 11) is 1.46. The predicted octanol–water partition coefficient (Wildman–Crippen LogP) is 1.30. The summed E-state index contributed by atoms with van der Waals surface area (Å²) in [5.41, 5.74) is 0. The van der Waals surface area contributed by atoms with Crippen LogP contribution in [0.3, 0.4) is 0 Å². The van der Waals surface area contributed by atoms with E-state index in [1.807, 2.05) is 13.0 Å². The van der Waals surface area contributed by atoms with Crippen molar-refractivity contribution in [3.63, 3.8) is 0 Å². The average molecular weight is 197 g/mol. The summed E-state index contributed by atoms with van der Waals surface area (Å²) in [5, 5.41) is 0. The Kier molecular flexibility index (Phi) is 4.14. The van der Waals surface area contributed by atoms with Crippen molar-refractivity contribution in [2.45, 2.75) is 13.8 Å². The number of carbonyl (C=O) groups excluding carboxylic acids is 1. The third kappa shape index (κ3) is 2.58. The number of likely N-dealkylation sites (tertiary alicyclic amines) is 1. The summed E-state index contributed by atoms with van der Waals surface area (Å²) >= 11 is 0. The number of carbonyl (C=O) groups is 1. The summed E-state index contributed by atoms with van der Waals surface area (Å²) < 4.78 is 4.77. The van der Waals surface area contributed by atoms with Gasteiger partial charge in [-0.2, -0.15) is 0 Å². The fraction of sp³-hybridized carbons (Fsp3) is 0.727. The Bertz CT molecular complexity index is 225. The monoisotopic (exact) mass is 197 g/mol. The van der Waals surface area contributed by atoms with Gasteiger partial charge < -0.3 is 4.74 Å². The molecule has 1 aliphatic heterocycles. The van der Waals surface area contributed by atoms with E-state index in [0.717, 1.165) is 19.6 Å². The maximum Gasteiger partial charge on any atom is 0.310 e. The molecular weight excluding hydrogens is 178 g/mol. The van der Waals surface area contributed by atoms with Gasteiger partial charge in [0.25, 0.3) is 0 Å². The molecule has 0 aliphatic carbocycles. The van der Waals surface area contributed by atoms with Gasteiger partial charge >= 0.3 is 5.97 Å². The zero-order chi connectivity index (χ0) is 10.6. The van der Waals surface area contributed by atoms with Gasteiger partial charge in [-0.3, -0.25) is 9.69 Å². The molecule has 3 nitrogen and oxygen atoms in total. The Morgan fingerprint density at radius 2 is 2.29 bits per heavy atom. The van der Waals surface area contributed by atoms with E-state index in [4.69, 9.17) is 4.74 Å². The van der Waals surface area contributed by atoms with E-state index in [1.165, 1.54) is 7.11 Å². The summed E-state index contributed by atoms with van der Waals surface area (Å²) in [5.74, 6) is 0.401. The lowest BCUT2D eigenvalue weighted by molar-refractivity contribution is -0.146. The molecule has 0 radical (unpaired) electrons. The van der Waals surface area contributed by atoms with Gasteiger partial charge in [-0.25, -0.2) is 0 Å². The standard InChI is InChI=1S/C11H19NO2/c1-4-5-6-12-7-9(2)10(8-12)11(13)14-3/h4-5,9-10H,6-8H2,1-3H3. The molecule has 0 aromatic rings. The maximum absolute atomic E-state index is 11.4. The van der Waals surface area contributed by atoms with Gasteiger partial charge in [0.1, 0.15) is 0 Å². The zero-order valence-electron chi connectivity index (χ0n) is 9.19. The number of nitrogens with zero attached hydrogens (tertiary/aromatic N) is 1. The lowest BCUT2D eigenvalue weighted by Gasteiger charge is -2.12. The molecular formula is C11H19NO2. The Hall–Kier alpha value is -0.830. The van der Waals surface area contributed by atoms with E-state index in [2.05, 4.69) is 17.9 Å². The van der Waals surface area contributed by atoms with E-state index in [1.54, 1.807) is 0 Å². The quantitative estimate of drug-likeness (QED) is 0.504. The molecule has 0 N–H and O–H groups in total. The summed E-state index contributed by atoms with van der Waals surface area (Å²) in [6.45, 7) is 6.88. The van der Waals surface area contributed by atoms with Crippen molar-refractivity contribution in [1.82, 2.24) is 4.90 Å². The fourth-order valence-electron chi connectivity index (χ4n) is 1.93. The third-order valence-corrected chi connectivity index (χ3v) is 2.79. The van der Waals surface area contributed by atoms with Crippen LogP contribution in [-0.4, -0.2) is 37.6 Å². The minimum atomic E-state index is -0.0690. The molecule has 1 fully saturated rings. The first-order chi connectivity index (χ1) is 6.69. The van der Waals surface area contributed by atoms with Crippen molar-refractivity contribution in [2.24, 2.45) is 11.8 Å². The number of esters is 1. The van der Waals surface area contributed by atoms with Gasteiger partial charge in [0.15, 0.2) is 0 Å². The second kappa shape index (κ2) is 5.15. The largest absolute Gasteiger partial charge is 0.469 e. The first-order valence-electron chi connectivity index (χ1n) is 5.10. The Morgan fingerprint density at radius 1 is 1.57 bits per heavy atom. The molecule has 3 heteroatoms. The van der Waals surface area contributed by atoms with Gasteiger partial charge in [-0.1, -0.05) is 19.1 Å². The predicted molar refractivity (Wildman–Crippen MR) is 55.9 cm³/mol. The molecule has 0 bridgehead atoms. The normalized spacial score (nSPS) is 28.5. The van der Waals surface area contributed by atoms with Crippen LogP contribution >= 0.6 is 0 Å². The molecule has 0 aromatic carbocycles. The van der Waals surface area contributed by atoms with Gasteiger partial charge in [0.2, 0.25) is 0 Å². The number of ether oxygens (including phenoxy) is 1. The smallest absolute Gasteiger partial charge is 0.310 e. The number of methoxy groups -OCH3 is 1. The molecule has 1 rings (SSSR count). The Labute approximate surface area is 85.7 Å². The van der Waals surface area contributed by atoms with Crippen LogP contribution in [0.1, 0.15) is 13.8 Å². The summed E-state index contributed by atoms with van der Waals surface area (Å²) in [4.78, 5) is 13.7. The SMILES string of the molecule is CC=CCN1CC(C)C(C(=O)OC)C1. The second-order valence-corrected chi connectivity index (χ2v) is 3.89. The van der Waals surface area contributed by atoms with E-state index in [9.17, 15) is 4.79 Å². The van der Waals surface area contributed by atoms with Gasteiger partial charge in [0.05, 0.1) is 13.0 Å². The Balaban J connectivity index is 2.47. The van der Waals surface area contributed by atoms with Gasteiger partial charge in [-0.15, -0.1) is 0 Å². The minimum Gasteiger partial charge on any atom is -0.469 e. The van der Waals surface area contributed by atoms with E-state index in [0.29, 0.717) is 5.92 Å². The second-order valence-electron chi connectivity index (χ2n) is 3.89. The molecule has 14 heavy (non-hydrogen) atoms. The lowest BCUT2D eigenvalue weighted by Crippen LogP contribution is -2.24. The Morgan fingerprint density at radius 3 is 2.86 bits per heavy atom. The molecule has 1 heterocycles.